The van der Waals surface area contributed by atoms with E-state index in [0.29, 0.717) is 5.56 Å². The molecule has 0 radical (unpaired) electrons. The molecule has 0 fully saturated rings. The lowest BCUT2D eigenvalue weighted by Gasteiger charge is -2.09. The number of pyridine rings is 1. The lowest BCUT2D eigenvalue weighted by molar-refractivity contribution is 0.0685. The van der Waals surface area contributed by atoms with Crippen molar-refractivity contribution in [1.82, 2.24) is 4.98 Å². The van der Waals surface area contributed by atoms with Crippen LogP contribution >= 0.6 is 34.8 Å². The van der Waals surface area contributed by atoms with E-state index in [1.54, 1.807) is 0 Å². The number of hydrogen-bond acceptors (Lipinski definition) is 2. The maximum absolute atomic E-state index is 13.6. The van der Waals surface area contributed by atoms with Crippen molar-refractivity contribution in [2.75, 3.05) is 0 Å². The fraction of sp³-hybridized carbons (Fsp3) is 0. The SMILES string of the molecule is O=C(O)c1ncc(-c2c(Cl)ccc(Cl)c2Cl)cc1F. The molecular weight excluding hydrogens is 315 g/mol. The molecule has 0 bridgehead atoms. The molecule has 2 aromatic rings. The Kier molecular flexibility index (Phi) is 3.94. The monoisotopic (exact) mass is 319 g/mol. The van der Waals surface area contributed by atoms with Crippen LogP contribution in [-0.4, -0.2) is 16.1 Å². The number of aromatic nitrogens is 1. The molecule has 0 aliphatic carbocycles. The first-order valence-corrected chi connectivity index (χ1v) is 6.08. The molecular formula is C12H5Cl3FNO2. The van der Waals surface area contributed by atoms with E-state index in [1.165, 1.54) is 18.3 Å². The van der Waals surface area contributed by atoms with Crippen LogP contribution in [0.5, 0.6) is 0 Å². The van der Waals surface area contributed by atoms with Gasteiger partial charge in [-0.25, -0.2) is 14.2 Å². The summed E-state index contributed by atoms with van der Waals surface area (Å²) in [6, 6.07) is 4.01. The normalized spacial score (nSPS) is 10.5. The third-order valence-electron chi connectivity index (χ3n) is 2.38. The van der Waals surface area contributed by atoms with Gasteiger partial charge in [-0.3, -0.25) is 0 Å². The summed E-state index contributed by atoms with van der Waals surface area (Å²) in [5.74, 6) is -2.43. The minimum Gasteiger partial charge on any atom is -0.476 e. The molecule has 98 valence electrons. The smallest absolute Gasteiger partial charge is 0.357 e. The highest BCUT2D eigenvalue weighted by atomic mass is 35.5. The van der Waals surface area contributed by atoms with Crippen molar-refractivity contribution in [2.45, 2.75) is 0 Å². The summed E-state index contributed by atoms with van der Waals surface area (Å²) in [7, 11) is 0. The standard InChI is InChI=1S/C12H5Cl3FNO2/c13-6-1-2-7(14)10(15)9(6)5-3-8(16)11(12(18)19)17-4-5/h1-4H,(H,18,19). The second-order valence-corrected chi connectivity index (χ2v) is 4.77. The fourth-order valence-electron chi connectivity index (χ4n) is 1.52. The van der Waals surface area contributed by atoms with Gasteiger partial charge in [0.05, 0.1) is 15.1 Å². The molecule has 1 aromatic carbocycles. The van der Waals surface area contributed by atoms with E-state index in [2.05, 4.69) is 4.98 Å². The van der Waals surface area contributed by atoms with E-state index in [1.807, 2.05) is 0 Å². The number of aromatic carboxylic acids is 1. The van der Waals surface area contributed by atoms with Gasteiger partial charge < -0.3 is 5.11 Å². The number of rotatable bonds is 2. The van der Waals surface area contributed by atoms with Crippen LogP contribution in [0.4, 0.5) is 4.39 Å². The van der Waals surface area contributed by atoms with Crippen molar-refractivity contribution in [3.05, 3.63) is 51.0 Å². The van der Waals surface area contributed by atoms with Gasteiger partial charge in [-0.05, 0) is 18.2 Å². The highest BCUT2D eigenvalue weighted by molar-refractivity contribution is 6.46. The summed E-state index contributed by atoms with van der Waals surface area (Å²) in [6.45, 7) is 0. The van der Waals surface area contributed by atoms with Crippen LogP contribution < -0.4 is 0 Å². The maximum atomic E-state index is 13.6. The topological polar surface area (TPSA) is 50.2 Å². The molecule has 0 spiro atoms. The van der Waals surface area contributed by atoms with E-state index >= 15 is 0 Å². The maximum Gasteiger partial charge on any atom is 0.357 e. The van der Waals surface area contributed by atoms with Gasteiger partial charge >= 0.3 is 5.97 Å². The quantitative estimate of drug-likeness (QED) is 0.826. The van der Waals surface area contributed by atoms with Crippen molar-refractivity contribution in [3.63, 3.8) is 0 Å². The van der Waals surface area contributed by atoms with E-state index in [4.69, 9.17) is 39.9 Å². The molecule has 0 aliphatic rings. The number of nitrogens with zero attached hydrogens (tertiary/aromatic N) is 1. The van der Waals surface area contributed by atoms with E-state index < -0.39 is 17.5 Å². The lowest BCUT2D eigenvalue weighted by Crippen LogP contribution is -2.04. The van der Waals surface area contributed by atoms with Crippen LogP contribution in [0, 0.1) is 5.82 Å². The molecule has 7 heteroatoms. The molecule has 0 amide bonds. The number of hydrogen-bond donors (Lipinski definition) is 1. The summed E-state index contributed by atoms with van der Waals surface area (Å²) in [6.07, 6.45) is 1.18. The Bertz CT molecular complexity index is 676. The molecule has 1 aromatic heterocycles. The Morgan fingerprint density at radius 2 is 1.84 bits per heavy atom. The second kappa shape index (κ2) is 5.33. The molecule has 0 unspecified atom stereocenters. The van der Waals surface area contributed by atoms with Crippen LogP contribution in [-0.2, 0) is 0 Å². The molecule has 0 aliphatic heterocycles. The van der Waals surface area contributed by atoms with Gasteiger partial charge in [0.2, 0.25) is 0 Å². The van der Waals surface area contributed by atoms with Crippen LogP contribution in [0.25, 0.3) is 11.1 Å². The predicted molar refractivity (Wildman–Crippen MR) is 71.6 cm³/mol. The summed E-state index contributed by atoms with van der Waals surface area (Å²) in [4.78, 5) is 14.2. The van der Waals surface area contributed by atoms with Crippen molar-refractivity contribution in [1.29, 1.82) is 0 Å². The fourth-order valence-corrected chi connectivity index (χ4v) is 2.27. The first kappa shape index (κ1) is 14.1. The van der Waals surface area contributed by atoms with Gasteiger partial charge in [0, 0.05) is 17.3 Å². The molecule has 0 atom stereocenters. The van der Waals surface area contributed by atoms with Gasteiger partial charge in [0.25, 0.3) is 0 Å². The second-order valence-electron chi connectivity index (χ2n) is 3.58. The molecule has 2 rings (SSSR count). The zero-order valence-corrected chi connectivity index (χ0v) is 11.4. The Hall–Kier alpha value is -1.36. The molecule has 3 nitrogen and oxygen atoms in total. The summed E-state index contributed by atoms with van der Waals surface area (Å²) < 4.78 is 13.6. The summed E-state index contributed by atoms with van der Waals surface area (Å²) >= 11 is 17.8. The Morgan fingerprint density at radius 1 is 1.21 bits per heavy atom. The van der Waals surface area contributed by atoms with Crippen molar-refractivity contribution in [2.24, 2.45) is 0 Å². The highest BCUT2D eigenvalue weighted by Crippen LogP contribution is 2.39. The third-order valence-corrected chi connectivity index (χ3v) is 3.50. The number of carbonyl (C=O) groups is 1. The average molecular weight is 321 g/mol. The van der Waals surface area contributed by atoms with E-state index in [0.717, 1.165) is 6.07 Å². The first-order valence-electron chi connectivity index (χ1n) is 4.94. The lowest BCUT2D eigenvalue weighted by atomic mass is 10.1. The van der Waals surface area contributed by atoms with Crippen LogP contribution in [0.1, 0.15) is 10.5 Å². The molecule has 0 saturated carbocycles. The first-order chi connectivity index (χ1) is 8.91. The molecule has 0 saturated heterocycles. The van der Waals surface area contributed by atoms with Gasteiger partial charge in [-0.15, -0.1) is 0 Å². The zero-order chi connectivity index (χ0) is 14.2. The Balaban J connectivity index is 2.64. The minimum absolute atomic E-state index is 0.151. The average Bonchev–Trinajstić information content (AvgIpc) is 2.34. The zero-order valence-electron chi connectivity index (χ0n) is 9.12. The number of carboxylic acid groups (broad SMARTS) is 1. The van der Waals surface area contributed by atoms with Gasteiger partial charge in [0.1, 0.15) is 0 Å². The number of halogens is 4. The summed E-state index contributed by atoms with van der Waals surface area (Å²) in [5, 5.41) is 9.37. The van der Waals surface area contributed by atoms with Crippen LogP contribution in [0.3, 0.4) is 0 Å². The minimum atomic E-state index is -1.45. The highest BCUT2D eigenvalue weighted by Gasteiger charge is 2.17. The Labute approximate surface area is 122 Å². The third kappa shape index (κ3) is 2.66. The van der Waals surface area contributed by atoms with Crippen molar-refractivity contribution >= 4 is 40.8 Å². The van der Waals surface area contributed by atoms with Gasteiger partial charge in [-0.1, -0.05) is 34.8 Å². The predicted octanol–water partition coefficient (Wildman–Crippen LogP) is 4.55. The molecule has 1 heterocycles. The Morgan fingerprint density at radius 3 is 2.42 bits per heavy atom. The van der Waals surface area contributed by atoms with E-state index in [-0.39, 0.29) is 20.6 Å². The van der Waals surface area contributed by atoms with Crippen molar-refractivity contribution in [3.8, 4) is 11.1 Å². The van der Waals surface area contributed by atoms with Gasteiger partial charge in [0.15, 0.2) is 11.5 Å². The largest absolute Gasteiger partial charge is 0.476 e. The number of carboxylic acids is 1. The van der Waals surface area contributed by atoms with E-state index in [9.17, 15) is 9.18 Å². The number of benzene rings is 1. The molecule has 19 heavy (non-hydrogen) atoms. The van der Waals surface area contributed by atoms with Crippen molar-refractivity contribution < 1.29 is 14.3 Å². The summed E-state index contributed by atoms with van der Waals surface area (Å²) in [5.41, 5.74) is -0.114. The van der Waals surface area contributed by atoms with Gasteiger partial charge in [-0.2, -0.15) is 0 Å². The molecule has 1 N–H and O–H groups in total. The van der Waals surface area contributed by atoms with Crippen LogP contribution in [0.2, 0.25) is 15.1 Å². The van der Waals surface area contributed by atoms with Crippen LogP contribution in [0.15, 0.2) is 24.4 Å².